The van der Waals surface area contributed by atoms with Gasteiger partial charge in [0.25, 0.3) is 0 Å². The van der Waals surface area contributed by atoms with Gasteiger partial charge in [-0.15, -0.1) is 5.10 Å². The lowest BCUT2D eigenvalue weighted by Crippen LogP contribution is -2.31. The van der Waals surface area contributed by atoms with Crippen LogP contribution in [0.1, 0.15) is 22.9 Å². The van der Waals surface area contributed by atoms with Crippen molar-refractivity contribution in [3.63, 3.8) is 0 Å². The number of benzene rings is 3. The number of pyridine rings is 1. The van der Waals surface area contributed by atoms with Crippen molar-refractivity contribution >= 4 is 22.5 Å². The van der Waals surface area contributed by atoms with Gasteiger partial charge in [0.05, 0.1) is 11.1 Å². The molecule has 34 heavy (non-hydrogen) atoms. The van der Waals surface area contributed by atoms with Crippen LogP contribution in [0.25, 0.3) is 10.9 Å². The molecule has 9 heteroatoms. The molecule has 6 nitrogen and oxygen atoms in total. The van der Waals surface area contributed by atoms with Gasteiger partial charge in [-0.05, 0) is 61.0 Å². The summed E-state index contributed by atoms with van der Waals surface area (Å²) in [4.78, 5) is 4.37. The summed E-state index contributed by atoms with van der Waals surface area (Å²) < 4.78 is 44.9. The van der Waals surface area contributed by atoms with E-state index >= 15 is 0 Å². The molecule has 0 saturated carbocycles. The molecule has 0 fully saturated rings. The third-order valence-corrected chi connectivity index (χ3v) is 5.34. The highest BCUT2D eigenvalue weighted by molar-refractivity contribution is 5.94. The summed E-state index contributed by atoms with van der Waals surface area (Å²) in [6, 6.07) is 20.2. The Balaban J connectivity index is 1.25. The van der Waals surface area contributed by atoms with E-state index in [1.165, 1.54) is 6.07 Å². The number of ether oxygens (including phenoxy) is 1. The SMILES string of the molecule is Cc1ccc2nccc(Oc3ccc(C4NN=C(Nc5cccc(C(F)(F)F)c5)N4)cc3)c2c1. The monoisotopic (exact) mass is 463 g/mol. The van der Waals surface area contributed by atoms with E-state index in [1.807, 2.05) is 55.5 Å². The average Bonchev–Trinajstić information content (AvgIpc) is 3.28. The predicted molar refractivity (Wildman–Crippen MR) is 125 cm³/mol. The van der Waals surface area contributed by atoms with E-state index in [2.05, 4.69) is 26.1 Å². The molecule has 0 bridgehead atoms. The number of aromatic nitrogens is 1. The maximum atomic E-state index is 12.9. The number of hydrogen-bond acceptors (Lipinski definition) is 6. The highest BCUT2D eigenvalue weighted by Crippen LogP contribution is 2.32. The van der Waals surface area contributed by atoms with Gasteiger partial charge in [-0.1, -0.05) is 29.8 Å². The Morgan fingerprint density at radius 2 is 1.79 bits per heavy atom. The van der Waals surface area contributed by atoms with E-state index in [9.17, 15) is 13.2 Å². The summed E-state index contributed by atoms with van der Waals surface area (Å²) in [6.07, 6.45) is -3.04. The van der Waals surface area contributed by atoms with Gasteiger partial charge in [-0.3, -0.25) is 10.4 Å². The number of aryl methyl sites for hydroxylation is 1. The molecule has 5 rings (SSSR count). The van der Waals surface area contributed by atoms with Crippen LogP contribution in [0.2, 0.25) is 0 Å². The van der Waals surface area contributed by atoms with Gasteiger partial charge < -0.3 is 15.4 Å². The van der Waals surface area contributed by atoms with Crippen LogP contribution in [0.4, 0.5) is 18.9 Å². The smallest absolute Gasteiger partial charge is 0.416 e. The molecule has 1 aliphatic rings. The number of halogens is 3. The number of rotatable bonds is 4. The first-order valence-electron chi connectivity index (χ1n) is 10.5. The number of hydrogen-bond donors (Lipinski definition) is 3. The summed E-state index contributed by atoms with van der Waals surface area (Å²) in [5, 5.41) is 11.0. The van der Waals surface area contributed by atoms with E-state index in [0.29, 0.717) is 11.7 Å². The zero-order valence-electron chi connectivity index (χ0n) is 18.0. The minimum Gasteiger partial charge on any atom is -0.457 e. The van der Waals surface area contributed by atoms with Crippen molar-refractivity contribution < 1.29 is 17.9 Å². The highest BCUT2D eigenvalue weighted by atomic mass is 19.4. The van der Waals surface area contributed by atoms with Crippen LogP contribution in [0.5, 0.6) is 11.5 Å². The predicted octanol–water partition coefficient (Wildman–Crippen LogP) is 5.93. The molecule has 3 N–H and O–H groups in total. The second kappa shape index (κ2) is 8.58. The summed E-state index contributed by atoms with van der Waals surface area (Å²) in [6.45, 7) is 2.02. The molecule has 2 heterocycles. The minimum atomic E-state index is -4.41. The number of fused-ring (bicyclic) bond motifs is 1. The average molecular weight is 463 g/mol. The number of nitrogens with zero attached hydrogens (tertiary/aromatic N) is 2. The van der Waals surface area contributed by atoms with Crippen LogP contribution in [-0.2, 0) is 6.18 Å². The summed E-state index contributed by atoms with van der Waals surface area (Å²) in [5.74, 6) is 1.71. The third-order valence-electron chi connectivity index (χ3n) is 5.34. The molecular formula is C25H20F3N5O. The minimum absolute atomic E-state index is 0.284. The molecule has 0 amide bonds. The molecule has 0 aliphatic carbocycles. The molecule has 0 saturated heterocycles. The molecule has 1 atom stereocenters. The molecule has 3 aromatic carbocycles. The Morgan fingerprint density at radius 1 is 0.971 bits per heavy atom. The van der Waals surface area contributed by atoms with Crippen molar-refractivity contribution in [1.82, 2.24) is 15.7 Å². The summed E-state index contributed by atoms with van der Waals surface area (Å²) in [5.41, 5.74) is 5.35. The summed E-state index contributed by atoms with van der Waals surface area (Å²) >= 11 is 0. The van der Waals surface area contributed by atoms with Gasteiger partial charge in [0.2, 0.25) is 5.96 Å². The van der Waals surface area contributed by atoms with Gasteiger partial charge >= 0.3 is 6.18 Å². The fourth-order valence-electron chi connectivity index (χ4n) is 3.64. The van der Waals surface area contributed by atoms with Crippen molar-refractivity contribution in [2.75, 3.05) is 5.32 Å². The lowest BCUT2D eigenvalue weighted by atomic mass is 10.1. The standard InChI is InChI=1S/C25H20F3N5O/c1-15-5-10-21-20(13-15)22(11-12-29-21)34-19-8-6-16(7-9-19)23-31-24(33-32-23)30-18-4-2-3-17(14-18)25(26,27)28/h2-14,23,32H,1H3,(H2,30,31,33). The van der Waals surface area contributed by atoms with Crippen LogP contribution >= 0.6 is 0 Å². The van der Waals surface area contributed by atoms with Crippen LogP contribution in [-0.4, -0.2) is 10.9 Å². The van der Waals surface area contributed by atoms with E-state index in [4.69, 9.17) is 4.74 Å². The lowest BCUT2D eigenvalue weighted by Gasteiger charge is -2.15. The van der Waals surface area contributed by atoms with Gasteiger partial charge in [0.1, 0.15) is 17.7 Å². The topological polar surface area (TPSA) is 70.6 Å². The Hall–Kier alpha value is -4.27. The number of alkyl halides is 3. The Morgan fingerprint density at radius 3 is 2.59 bits per heavy atom. The first-order valence-corrected chi connectivity index (χ1v) is 10.5. The largest absolute Gasteiger partial charge is 0.457 e. The Kier molecular flexibility index (Phi) is 5.45. The Labute approximate surface area is 193 Å². The van der Waals surface area contributed by atoms with E-state index in [-0.39, 0.29) is 11.9 Å². The van der Waals surface area contributed by atoms with Crippen molar-refractivity contribution in [2.45, 2.75) is 19.3 Å². The molecule has 1 aromatic heterocycles. The third kappa shape index (κ3) is 4.59. The van der Waals surface area contributed by atoms with E-state index < -0.39 is 11.7 Å². The van der Waals surface area contributed by atoms with Crippen LogP contribution in [0.15, 0.2) is 84.1 Å². The second-order valence-electron chi connectivity index (χ2n) is 7.87. The van der Waals surface area contributed by atoms with Gasteiger partial charge in [-0.25, -0.2) is 0 Å². The van der Waals surface area contributed by atoms with Crippen molar-refractivity contribution in [1.29, 1.82) is 0 Å². The van der Waals surface area contributed by atoms with Crippen molar-refractivity contribution in [3.8, 4) is 11.5 Å². The Bertz CT molecular complexity index is 1370. The zero-order valence-corrected chi connectivity index (χ0v) is 18.0. The molecular weight excluding hydrogens is 443 g/mol. The first-order chi connectivity index (χ1) is 16.3. The molecule has 4 aromatic rings. The second-order valence-corrected chi connectivity index (χ2v) is 7.87. The number of guanidine groups is 1. The summed E-state index contributed by atoms with van der Waals surface area (Å²) in [7, 11) is 0. The maximum Gasteiger partial charge on any atom is 0.416 e. The molecule has 172 valence electrons. The maximum absolute atomic E-state index is 12.9. The molecule has 0 radical (unpaired) electrons. The molecule has 1 aliphatic heterocycles. The van der Waals surface area contributed by atoms with Crippen LogP contribution in [0.3, 0.4) is 0 Å². The van der Waals surface area contributed by atoms with Crippen molar-refractivity contribution in [3.05, 3.63) is 95.7 Å². The van der Waals surface area contributed by atoms with Crippen LogP contribution < -0.4 is 20.8 Å². The first kappa shape index (κ1) is 21.6. The van der Waals surface area contributed by atoms with Crippen molar-refractivity contribution in [2.24, 2.45) is 5.10 Å². The van der Waals surface area contributed by atoms with E-state index in [0.717, 1.165) is 39.9 Å². The lowest BCUT2D eigenvalue weighted by molar-refractivity contribution is -0.137. The quantitative estimate of drug-likeness (QED) is 0.350. The number of anilines is 1. The van der Waals surface area contributed by atoms with E-state index in [1.54, 1.807) is 12.3 Å². The normalized spacial score (nSPS) is 15.4. The van der Waals surface area contributed by atoms with Gasteiger partial charge in [-0.2, -0.15) is 13.2 Å². The fourth-order valence-corrected chi connectivity index (χ4v) is 3.64. The zero-order chi connectivity index (χ0) is 23.7. The van der Waals surface area contributed by atoms with Crippen LogP contribution in [0, 0.1) is 6.92 Å². The number of hydrazone groups is 1. The highest BCUT2D eigenvalue weighted by Gasteiger charge is 2.30. The van der Waals surface area contributed by atoms with Gasteiger partial charge in [0.15, 0.2) is 0 Å². The molecule has 1 unspecified atom stereocenters. The number of nitrogens with one attached hydrogen (secondary N) is 3. The fraction of sp³-hybridized carbons (Fsp3) is 0.120. The molecule has 0 spiro atoms. The van der Waals surface area contributed by atoms with Gasteiger partial charge in [0, 0.05) is 17.3 Å².